The van der Waals surface area contributed by atoms with E-state index >= 15 is 0 Å². The monoisotopic (exact) mass is 145 g/mol. The summed E-state index contributed by atoms with van der Waals surface area (Å²) >= 11 is 0. The summed E-state index contributed by atoms with van der Waals surface area (Å²) in [6.07, 6.45) is 3.21. The Morgan fingerprint density at radius 3 is 2.73 bits per heavy atom. The Hall–Kier alpha value is -1.74. The Morgan fingerprint density at radius 2 is 2.18 bits per heavy atom. The van der Waals surface area contributed by atoms with E-state index in [0.717, 1.165) is 0 Å². The summed E-state index contributed by atoms with van der Waals surface area (Å²) in [5.41, 5.74) is 1.10. The van der Waals surface area contributed by atoms with Crippen molar-refractivity contribution in [3.05, 3.63) is 23.4 Å². The molecule has 0 spiro atoms. The summed E-state index contributed by atoms with van der Waals surface area (Å²) in [7, 11) is 0. The largest absolute Gasteiger partial charge is 0.383 e. The Bertz CT molecular complexity index is 298. The van der Waals surface area contributed by atoms with E-state index in [0.29, 0.717) is 11.1 Å². The zero-order valence-corrected chi connectivity index (χ0v) is 6.13. The van der Waals surface area contributed by atoms with E-state index in [1.807, 2.05) is 19.1 Å². The fourth-order valence-corrected chi connectivity index (χ4v) is 0.832. The fourth-order valence-electron chi connectivity index (χ4n) is 0.832. The van der Waals surface area contributed by atoms with Crippen LogP contribution in [0, 0.1) is 22.7 Å². The zero-order chi connectivity index (χ0) is 8.27. The van der Waals surface area contributed by atoms with Crippen molar-refractivity contribution in [1.82, 2.24) is 5.32 Å². The number of nitrogens with zero attached hydrogens (tertiary/aromatic N) is 2. The second-order valence-corrected chi connectivity index (χ2v) is 2.31. The molecule has 0 aromatic heterocycles. The Balaban J connectivity index is 2.93. The van der Waals surface area contributed by atoms with Gasteiger partial charge in [-0.05, 0) is 13.0 Å². The highest BCUT2D eigenvalue weighted by Gasteiger charge is 2.11. The number of rotatable bonds is 0. The number of dihydropyridines is 1. The molecule has 3 nitrogen and oxygen atoms in total. The smallest absolute Gasteiger partial charge is 0.101 e. The number of nitriles is 2. The third kappa shape index (κ3) is 1.39. The van der Waals surface area contributed by atoms with Gasteiger partial charge >= 0.3 is 0 Å². The van der Waals surface area contributed by atoms with Gasteiger partial charge in [-0.25, -0.2) is 0 Å². The van der Waals surface area contributed by atoms with E-state index in [4.69, 9.17) is 10.5 Å². The van der Waals surface area contributed by atoms with Crippen LogP contribution in [-0.2, 0) is 0 Å². The molecule has 0 aromatic carbocycles. The molecule has 0 radical (unpaired) electrons. The Labute approximate surface area is 65.2 Å². The van der Waals surface area contributed by atoms with E-state index in [-0.39, 0.29) is 6.04 Å². The van der Waals surface area contributed by atoms with Crippen molar-refractivity contribution in [2.24, 2.45) is 0 Å². The summed E-state index contributed by atoms with van der Waals surface area (Å²) in [5, 5.41) is 20.0. The van der Waals surface area contributed by atoms with Crippen LogP contribution in [0.2, 0.25) is 0 Å². The van der Waals surface area contributed by atoms with Gasteiger partial charge in [0, 0.05) is 6.20 Å². The lowest BCUT2D eigenvalue weighted by molar-refractivity contribution is 0.732. The molecule has 1 N–H and O–H groups in total. The Kier molecular flexibility index (Phi) is 1.94. The molecule has 1 aliphatic heterocycles. The summed E-state index contributed by atoms with van der Waals surface area (Å²) < 4.78 is 0. The second kappa shape index (κ2) is 2.90. The molecule has 0 amide bonds. The van der Waals surface area contributed by atoms with Crippen molar-refractivity contribution in [3.63, 3.8) is 0 Å². The summed E-state index contributed by atoms with van der Waals surface area (Å²) in [4.78, 5) is 0. The van der Waals surface area contributed by atoms with Gasteiger partial charge in [0.25, 0.3) is 0 Å². The van der Waals surface area contributed by atoms with Gasteiger partial charge in [-0.1, -0.05) is 0 Å². The van der Waals surface area contributed by atoms with Crippen molar-refractivity contribution in [2.75, 3.05) is 0 Å². The molecule has 0 saturated heterocycles. The lowest BCUT2D eigenvalue weighted by Crippen LogP contribution is -2.25. The highest BCUT2D eigenvalue weighted by molar-refractivity contribution is 5.44. The lowest BCUT2D eigenvalue weighted by Gasteiger charge is -2.14. The minimum absolute atomic E-state index is 0.0251. The maximum Gasteiger partial charge on any atom is 0.101 e. The highest BCUT2D eigenvalue weighted by Crippen LogP contribution is 2.10. The molecule has 1 aliphatic rings. The van der Waals surface area contributed by atoms with Crippen LogP contribution in [0.3, 0.4) is 0 Å². The average molecular weight is 145 g/mol. The van der Waals surface area contributed by atoms with Gasteiger partial charge in [-0.2, -0.15) is 10.5 Å². The van der Waals surface area contributed by atoms with Crippen LogP contribution >= 0.6 is 0 Å². The van der Waals surface area contributed by atoms with E-state index in [2.05, 4.69) is 5.32 Å². The molecular weight excluding hydrogens is 138 g/mol. The molecule has 1 atom stereocenters. The third-order valence-corrected chi connectivity index (χ3v) is 1.52. The molecule has 11 heavy (non-hydrogen) atoms. The van der Waals surface area contributed by atoms with Gasteiger partial charge in [0.15, 0.2) is 0 Å². The summed E-state index contributed by atoms with van der Waals surface area (Å²) in [6.45, 7) is 1.87. The van der Waals surface area contributed by atoms with Crippen molar-refractivity contribution >= 4 is 0 Å². The maximum absolute atomic E-state index is 8.58. The Morgan fingerprint density at radius 1 is 1.45 bits per heavy atom. The van der Waals surface area contributed by atoms with Crippen molar-refractivity contribution in [3.8, 4) is 12.1 Å². The SMILES string of the molecule is CC1NC=C(C#N)C=C1C#N. The van der Waals surface area contributed by atoms with Gasteiger partial charge in [0.2, 0.25) is 0 Å². The quantitative estimate of drug-likeness (QED) is 0.549. The van der Waals surface area contributed by atoms with Crippen LogP contribution in [0.25, 0.3) is 0 Å². The van der Waals surface area contributed by atoms with Crippen LogP contribution in [0.1, 0.15) is 6.92 Å². The molecule has 1 heterocycles. The first-order valence-electron chi connectivity index (χ1n) is 3.26. The van der Waals surface area contributed by atoms with Crippen LogP contribution in [0.4, 0.5) is 0 Å². The van der Waals surface area contributed by atoms with Crippen LogP contribution < -0.4 is 5.32 Å². The predicted molar refractivity (Wildman–Crippen MR) is 40.0 cm³/mol. The summed E-state index contributed by atoms with van der Waals surface area (Å²) in [6, 6.07) is 4.01. The lowest BCUT2D eigenvalue weighted by atomic mass is 10.0. The topological polar surface area (TPSA) is 59.6 Å². The molecule has 0 saturated carbocycles. The molecule has 3 heteroatoms. The molecule has 1 rings (SSSR count). The normalized spacial score (nSPS) is 21.9. The number of allylic oxidation sites excluding steroid dienone is 2. The predicted octanol–water partition coefficient (Wildman–Crippen LogP) is 0.836. The first kappa shape index (κ1) is 7.37. The number of hydrogen-bond donors (Lipinski definition) is 1. The van der Waals surface area contributed by atoms with Crippen molar-refractivity contribution < 1.29 is 0 Å². The standard InChI is InChI=1S/C8H7N3/c1-6-8(4-10)2-7(3-9)5-11-6/h2,5-6,11H,1H3. The molecule has 54 valence electrons. The molecule has 0 aromatic rings. The van der Waals surface area contributed by atoms with Crippen LogP contribution in [0.15, 0.2) is 23.4 Å². The highest BCUT2D eigenvalue weighted by atomic mass is 14.9. The van der Waals surface area contributed by atoms with Gasteiger partial charge in [-0.3, -0.25) is 0 Å². The van der Waals surface area contributed by atoms with Crippen molar-refractivity contribution in [1.29, 1.82) is 10.5 Å². The van der Waals surface area contributed by atoms with Crippen LogP contribution in [-0.4, -0.2) is 6.04 Å². The first-order valence-corrected chi connectivity index (χ1v) is 3.26. The third-order valence-electron chi connectivity index (χ3n) is 1.52. The number of nitrogens with one attached hydrogen (secondary N) is 1. The minimum atomic E-state index is 0.0251. The second-order valence-electron chi connectivity index (χ2n) is 2.31. The molecule has 0 bridgehead atoms. The van der Waals surface area contributed by atoms with E-state index in [1.54, 1.807) is 12.3 Å². The van der Waals surface area contributed by atoms with E-state index < -0.39 is 0 Å². The minimum Gasteiger partial charge on any atom is -0.383 e. The van der Waals surface area contributed by atoms with Crippen LogP contribution in [0.5, 0.6) is 0 Å². The fraction of sp³-hybridized carbons (Fsp3) is 0.250. The molecule has 0 aliphatic carbocycles. The van der Waals surface area contributed by atoms with E-state index in [1.165, 1.54) is 0 Å². The first-order chi connectivity index (χ1) is 5.27. The number of hydrogen-bond acceptors (Lipinski definition) is 3. The van der Waals surface area contributed by atoms with Gasteiger partial charge in [0.05, 0.1) is 23.3 Å². The maximum atomic E-state index is 8.58. The average Bonchev–Trinajstić information content (AvgIpc) is 2.05. The van der Waals surface area contributed by atoms with Gasteiger partial charge in [-0.15, -0.1) is 0 Å². The summed E-state index contributed by atoms with van der Waals surface area (Å²) in [5.74, 6) is 0. The molecule has 0 fully saturated rings. The van der Waals surface area contributed by atoms with Gasteiger partial charge < -0.3 is 5.32 Å². The van der Waals surface area contributed by atoms with E-state index in [9.17, 15) is 0 Å². The zero-order valence-electron chi connectivity index (χ0n) is 6.13. The molecule has 1 unspecified atom stereocenters. The van der Waals surface area contributed by atoms with Gasteiger partial charge in [0.1, 0.15) is 6.07 Å². The molecular formula is C8H7N3. The van der Waals surface area contributed by atoms with Crippen molar-refractivity contribution in [2.45, 2.75) is 13.0 Å².